The van der Waals surface area contributed by atoms with Gasteiger partial charge in [-0.3, -0.25) is 0 Å². The SMILES string of the molecule is O=C(O)C(O)C(=O)O.[Li].[Na]. The van der Waals surface area contributed by atoms with Crippen molar-refractivity contribution in [1.29, 1.82) is 0 Å². The Labute approximate surface area is 90.9 Å². The molecule has 7 heteroatoms. The van der Waals surface area contributed by atoms with E-state index in [4.69, 9.17) is 15.3 Å². The van der Waals surface area contributed by atoms with E-state index < -0.39 is 18.0 Å². The summed E-state index contributed by atoms with van der Waals surface area (Å²) in [4.78, 5) is 19.0. The molecule has 2 radical (unpaired) electrons. The van der Waals surface area contributed by atoms with Crippen molar-refractivity contribution < 1.29 is 24.9 Å². The molecule has 0 atom stereocenters. The third kappa shape index (κ3) is 6.62. The van der Waals surface area contributed by atoms with Crippen LogP contribution < -0.4 is 0 Å². The molecule has 0 aromatic carbocycles. The molecular weight excluding hydrogens is 146 g/mol. The zero-order valence-electron chi connectivity index (χ0n) is 5.74. The van der Waals surface area contributed by atoms with Crippen molar-refractivity contribution in [2.24, 2.45) is 0 Å². The van der Waals surface area contributed by atoms with E-state index in [-0.39, 0.29) is 48.4 Å². The molecule has 0 aromatic rings. The van der Waals surface area contributed by atoms with Crippen LogP contribution in [-0.4, -0.2) is 81.8 Å². The molecule has 0 aliphatic heterocycles. The fourth-order valence-electron chi connectivity index (χ4n) is 0.106. The smallest absolute Gasteiger partial charge is 0.344 e. The van der Waals surface area contributed by atoms with Crippen molar-refractivity contribution in [2.75, 3.05) is 0 Å². The Balaban J connectivity index is -0.000000245. The van der Waals surface area contributed by atoms with Crippen LogP contribution in [0.5, 0.6) is 0 Å². The van der Waals surface area contributed by atoms with E-state index >= 15 is 0 Å². The normalized spacial score (nSPS) is 7.40. The van der Waals surface area contributed by atoms with Gasteiger partial charge in [-0.2, -0.15) is 0 Å². The summed E-state index contributed by atoms with van der Waals surface area (Å²) in [7, 11) is 0. The molecule has 0 bridgehead atoms. The number of carbonyl (C=O) groups is 2. The zero-order valence-corrected chi connectivity index (χ0v) is 7.74. The number of aliphatic hydroxyl groups is 1. The van der Waals surface area contributed by atoms with Gasteiger partial charge in [0.2, 0.25) is 6.10 Å². The summed E-state index contributed by atoms with van der Waals surface area (Å²) < 4.78 is 0. The summed E-state index contributed by atoms with van der Waals surface area (Å²) in [6, 6.07) is 0. The summed E-state index contributed by atoms with van der Waals surface area (Å²) in [5.41, 5.74) is 0. The predicted molar refractivity (Wildman–Crippen MR) is 32.8 cm³/mol. The van der Waals surface area contributed by atoms with Gasteiger partial charge in [0.15, 0.2) is 0 Å². The molecular formula is C3H4LiNaO5. The van der Waals surface area contributed by atoms with E-state index in [1.165, 1.54) is 0 Å². The summed E-state index contributed by atoms with van der Waals surface area (Å²) in [5.74, 6) is -3.50. The Morgan fingerprint density at radius 1 is 1.10 bits per heavy atom. The second-order valence-corrected chi connectivity index (χ2v) is 1.08. The first-order valence-corrected chi connectivity index (χ1v) is 1.69. The third-order valence-corrected chi connectivity index (χ3v) is 0.468. The van der Waals surface area contributed by atoms with Gasteiger partial charge >= 0.3 is 11.9 Å². The maximum absolute atomic E-state index is 9.51. The maximum atomic E-state index is 9.51. The molecule has 0 heterocycles. The number of rotatable bonds is 2. The quantitative estimate of drug-likeness (QED) is 0.305. The fourth-order valence-corrected chi connectivity index (χ4v) is 0.106. The molecule has 5 nitrogen and oxygen atoms in total. The second kappa shape index (κ2) is 7.60. The average molecular weight is 150 g/mol. The molecule has 0 saturated carbocycles. The first-order chi connectivity index (χ1) is 3.55. The van der Waals surface area contributed by atoms with Gasteiger partial charge in [0, 0.05) is 48.4 Å². The summed E-state index contributed by atoms with van der Waals surface area (Å²) in [6.45, 7) is 0. The molecule has 0 aliphatic carbocycles. The molecule has 10 heavy (non-hydrogen) atoms. The van der Waals surface area contributed by atoms with E-state index in [1.807, 2.05) is 0 Å². The van der Waals surface area contributed by atoms with Crippen molar-refractivity contribution in [3.63, 3.8) is 0 Å². The van der Waals surface area contributed by atoms with Gasteiger partial charge in [0.05, 0.1) is 0 Å². The molecule has 0 rings (SSSR count). The monoisotopic (exact) mass is 150 g/mol. The molecule has 0 saturated heterocycles. The predicted octanol–water partition coefficient (Wildman–Crippen LogP) is -2.25. The number of hydrogen-bond acceptors (Lipinski definition) is 3. The van der Waals surface area contributed by atoms with Gasteiger partial charge in [-0.25, -0.2) is 9.59 Å². The van der Waals surface area contributed by atoms with Crippen LogP contribution in [-0.2, 0) is 9.59 Å². The summed E-state index contributed by atoms with van der Waals surface area (Å²) >= 11 is 0. The minimum Gasteiger partial charge on any atom is -0.479 e. The van der Waals surface area contributed by atoms with Gasteiger partial charge in [-0.15, -0.1) is 0 Å². The number of hydrogen-bond donors (Lipinski definition) is 3. The first-order valence-electron chi connectivity index (χ1n) is 1.69. The fraction of sp³-hybridized carbons (Fsp3) is 0.333. The standard InChI is InChI=1S/C3H4O5.Li.Na/c4-1(2(5)6)3(7)8;;/h1,4H,(H,5,6)(H,7,8);;. The molecule has 3 N–H and O–H groups in total. The van der Waals surface area contributed by atoms with Crippen LogP contribution in [0.1, 0.15) is 0 Å². The Morgan fingerprint density at radius 2 is 1.30 bits per heavy atom. The number of aliphatic carboxylic acids is 2. The third-order valence-electron chi connectivity index (χ3n) is 0.468. The Bertz CT molecular complexity index is 112. The van der Waals surface area contributed by atoms with Gasteiger partial charge in [0.1, 0.15) is 0 Å². The molecule has 0 aromatic heterocycles. The number of aliphatic hydroxyl groups excluding tert-OH is 1. The van der Waals surface area contributed by atoms with E-state index in [2.05, 4.69) is 0 Å². The molecule has 0 spiro atoms. The van der Waals surface area contributed by atoms with Crippen LogP contribution in [0.3, 0.4) is 0 Å². The Morgan fingerprint density at radius 3 is 1.30 bits per heavy atom. The molecule has 0 unspecified atom stereocenters. The second-order valence-electron chi connectivity index (χ2n) is 1.08. The first kappa shape index (κ1) is 16.8. The van der Waals surface area contributed by atoms with Crippen molar-refractivity contribution in [1.82, 2.24) is 0 Å². The van der Waals surface area contributed by atoms with E-state index in [1.54, 1.807) is 0 Å². The van der Waals surface area contributed by atoms with Crippen LogP contribution in [0, 0.1) is 0 Å². The minimum atomic E-state index is -2.30. The van der Waals surface area contributed by atoms with Crippen LogP contribution in [0.2, 0.25) is 0 Å². The largest absolute Gasteiger partial charge is 0.479 e. The Hall–Kier alpha value is 0.497. The average Bonchev–Trinajstić information content (AvgIpc) is 1.64. The number of carboxylic acids is 2. The molecule has 0 aliphatic rings. The van der Waals surface area contributed by atoms with Gasteiger partial charge in [0.25, 0.3) is 0 Å². The molecule has 0 amide bonds. The van der Waals surface area contributed by atoms with E-state index in [0.717, 1.165) is 0 Å². The summed E-state index contributed by atoms with van der Waals surface area (Å²) in [6.07, 6.45) is -2.30. The van der Waals surface area contributed by atoms with Crippen molar-refractivity contribution >= 4 is 60.4 Å². The zero-order chi connectivity index (χ0) is 6.73. The van der Waals surface area contributed by atoms with Gasteiger partial charge in [-0.1, -0.05) is 0 Å². The van der Waals surface area contributed by atoms with Crippen molar-refractivity contribution in [2.45, 2.75) is 6.10 Å². The summed E-state index contributed by atoms with van der Waals surface area (Å²) in [5, 5.41) is 23.4. The number of carboxylic acid groups (broad SMARTS) is 2. The maximum Gasteiger partial charge on any atom is 0.344 e. The van der Waals surface area contributed by atoms with Crippen LogP contribution >= 0.6 is 0 Å². The van der Waals surface area contributed by atoms with Gasteiger partial charge in [-0.05, 0) is 0 Å². The van der Waals surface area contributed by atoms with E-state index in [0.29, 0.717) is 0 Å². The van der Waals surface area contributed by atoms with E-state index in [9.17, 15) is 9.59 Å². The van der Waals surface area contributed by atoms with Crippen LogP contribution in [0.4, 0.5) is 0 Å². The minimum absolute atomic E-state index is 0. The molecule has 0 fully saturated rings. The van der Waals surface area contributed by atoms with Crippen LogP contribution in [0.15, 0.2) is 0 Å². The molecule has 48 valence electrons. The topological polar surface area (TPSA) is 94.8 Å². The van der Waals surface area contributed by atoms with Crippen molar-refractivity contribution in [3.8, 4) is 0 Å². The van der Waals surface area contributed by atoms with Crippen LogP contribution in [0.25, 0.3) is 0 Å². The van der Waals surface area contributed by atoms with Crippen molar-refractivity contribution in [3.05, 3.63) is 0 Å². The van der Waals surface area contributed by atoms with Gasteiger partial charge < -0.3 is 15.3 Å². The Kier molecular flexibility index (Phi) is 12.8.